The van der Waals surface area contributed by atoms with E-state index in [2.05, 4.69) is 19.2 Å². The first kappa shape index (κ1) is 25.5. The number of rotatable bonds is 11. The Morgan fingerprint density at radius 2 is 1.77 bits per heavy atom. The van der Waals surface area contributed by atoms with Gasteiger partial charge in [-0.25, -0.2) is 8.42 Å². The molecule has 0 heterocycles. The summed E-state index contributed by atoms with van der Waals surface area (Å²) in [7, 11) is -3.60. The second-order valence-corrected chi connectivity index (χ2v) is 10.4. The van der Waals surface area contributed by atoms with Crippen LogP contribution in [-0.2, 0) is 16.6 Å². The van der Waals surface area contributed by atoms with Crippen LogP contribution in [0.25, 0.3) is 0 Å². The topological polar surface area (TPSA) is 66.5 Å². The predicted molar refractivity (Wildman–Crippen MR) is 130 cm³/mol. The largest absolute Gasteiger partial charge is 0.352 e. The number of carbonyl (C=O) groups excluding carboxylic acids is 1. The lowest BCUT2D eigenvalue weighted by atomic mass is 9.99. The molecule has 0 spiro atoms. The fraction of sp³-hybridized carbons (Fsp3) is 0.435. The van der Waals surface area contributed by atoms with Gasteiger partial charge < -0.3 is 5.32 Å². The monoisotopic (exact) mass is 484 g/mol. The fourth-order valence-corrected chi connectivity index (χ4v) is 4.60. The molecule has 8 heteroatoms. The summed E-state index contributed by atoms with van der Waals surface area (Å²) in [5.74, 6) is 0.355. The maximum atomic E-state index is 12.5. The number of nitrogens with zero attached hydrogens (tertiary/aromatic N) is 1. The fourth-order valence-electron chi connectivity index (χ4n) is 3.27. The first-order valence-corrected chi connectivity index (χ1v) is 13.1. The van der Waals surface area contributed by atoms with Gasteiger partial charge in [0.05, 0.1) is 23.5 Å². The van der Waals surface area contributed by atoms with Gasteiger partial charge in [0.15, 0.2) is 0 Å². The molecule has 170 valence electrons. The number of anilines is 1. The van der Waals surface area contributed by atoms with Crippen LogP contribution < -0.4 is 9.62 Å². The van der Waals surface area contributed by atoms with E-state index in [1.165, 1.54) is 10.4 Å². The number of sulfonamides is 1. The van der Waals surface area contributed by atoms with Crippen LogP contribution in [0.4, 0.5) is 5.69 Å². The van der Waals surface area contributed by atoms with Gasteiger partial charge in [0, 0.05) is 17.1 Å². The van der Waals surface area contributed by atoms with Gasteiger partial charge >= 0.3 is 0 Å². The van der Waals surface area contributed by atoms with Crippen molar-refractivity contribution >= 4 is 44.8 Å². The van der Waals surface area contributed by atoms with Gasteiger partial charge in [-0.05, 0) is 48.2 Å². The van der Waals surface area contributed by atoms with Gasteiger partial charge in [-0.3, -0.25) is 9.10 Å². The summed E-state index contributed by atoms with van der Waals surface area (Å²) < 4.78 is 26.0. The van der Waals surface area contributed by atoms with Crippen molar-refractivity contribution in [3.05, 3.63) is 63.6 Å². The standard InChI is InChI=1S/C23H30Cl2N2O3S/c1-4-6-7-17(5-2)15-26-23(28)19-10-8-18(9-11-19)16-27(31(3,29)30)22-14-20(24)12-13-21(22)25/h8-14,17H,4-7,15-16H2,1-3H3,(H,26,28)/t17-/m1/s1. The van der Waals surface area contributed by atoms with E-state index in [4.69, 9.17) is 23.2 Å². The van der Waals surface area contributed by atoms with Crippen molar-refractivity contribution in [1.82, 2.24) is 5.32 Å². The highest BCUT2D eigenvalue weighted by atomic mass is 35.5. The van der Waals surface area contributed by atoms with Crippen LogP contribution in [0.2, 0.25) is 10.0 Å². The van der Waals surface area contributed by atoms with E-state index in [-0.39, 0.29) is 12.5 Å². The Morgan fingerprint density at radius 3 is 2.35 bits per heavy atom. The molecule has 1 amide bonds. The minimum Gasteiger partial charge on any atom is -0.352 e. The quantitative estimate of drug-likeness (QED) is 0.431. The van der Waals surface area contributed by atoms with Gasteiger partial charge in [-0.15, -0.1) is 0 Å². The molecule has 5 nitrogen and oxygen atoms in total. The van der Waals surface area contributed by atoms with Crippen LogP contribution in [0.3, 0.4) is 0 Å². The summed E-state index contributed by atoms with van der Waals surface area (Å²) in [5, 5.41) is 3.69. The maximum Gasteiger partial charge on any atom is 0.251 e. The Balaban J connectivity index is 2.11. The zero-order chi connectivity index (χ0) is 23.0. The molecule has 1 atom stereocenters. The molecule has 1 N–H and O–H groups in total. The Kier molecular flexibility index (Phi) is 9.66. The Hall–Kier alpha value is -1.76. The number of amides is 1. The minimum atomic E-state index is -3.60. The average Bonchev–Trinajstić information content (AvgIpc) is 2.73. The lowest BCUT2D eigenvalue weighted by molar-refractivity contribution is 0.0946. The van der Waals surface area contributed by atoms with Crippen molar-refractivity contribution in [3.8, 4) is 0 Å². The van der Waals surface area contributed by atoms with Crippen molar-refractivity contribution in [2.75, 3.05) is 17.1 Å². The molecule has 2 aromatic rings. The molecule has 0 radical (unpaired) electrons. The Morgan fingerprint density at radius 1 is 1.10 bits per heavy atom. The highest BCUT2D eigenvalue weighted by molar-refractivity contribution is 7.92. The number of halogens is 2. The molecule has 0 unspecified atom stereocenters. The molecule has 0 aromatic heterocycles. The molecule has 2 rings (SSSR count). The summed E-state index contributed by atoms with van der Waals surface area (Å²) in [4.78, 5) is 12.5. The maximum absolute atomic E-state index is 12.5. The highest BCUT2D eigenvalue weighted by Crippen LogP contribution is 2.31. The van der Waals surface area contributed by atoms with Crippen LogP contribution in [-0.4, -0.2) is 27.1 Å². The smallest absolute Gasteiger partial charge is 0.251 e. The second kappa shape index (κ2) is 11.7. The Bertz CT molecular complexity index is 979. The van der Waals surface area contributed by atoms with E-state index in [1.807, 2.05) is 0 Å². The third kappa shape index (κ3) is 7.70. The summed E-state index contributed by atoms with van der Waals surface area (Å²) >= 11 is 12.3. The minimum absolute atomic E-state index is 0.0791. The molecule has 0 bridgehead atoms. The molecule has 31 heavy (non-hydrogen) atoms. The molecule has 2 aromatic carbocycles. The number of benzene rings is 2. The lowest BCUT2D eigenvalue weighted by Gasteiger charge is -2.24. The van der Waals surface area contributed by atoms with Crippen LogP contribution >= 0.6 is 23.2 Å². The number of nitrogens with one attached hydrogen (secondary N) is 1. The summed E-state index contributed by atoms with van der Waals surface area (Å²) in [6, 6.07) is 11.6. The first-order valence-electron chi connectivity index (χ1n) is 10.5. The molecule has 0 aliphatic rings. The van der Waals surface area contributed by atoms with Crippen molar-refractivity contribution in [2.24, 2.45) is 5.92 Å². The first-order chi connectivity index (χ1) is 14.7. The van der Waals surface area contributed by atoms with Crippen molar-refractivity contribution in [2.45, 2.75) is 46.1 Å². The van der Waals surface area contributed by atoms with Gasteiger partial charge in [-0.2, -0.15) is 0 Å². The average molecular weight is 485 g/mol. The highest BCUT2D eigenvalue weighted by Gasteiger charge is 2.21. The van der Waals surface area contributed by atoms with Crippen molar-refractivity contribution in [3.63, 3.8) is 0 Å². The van der Waals surface area contributed by atoms with E-state index in [0.717, 1.165) is 37.5 Å². The van der Waals surface area contributed by atoms with Gasteiger partial charge in [0.1, 0.15) is 0 Å². The summed E-state index contributed by atoms with van der Waals surface area (Å²) in [5.41, 5.74) is 1.59. The van der Waals surface area contributed by atoms with Gasteiger partial charge in [0.2, 0.25) is 10.0 Å². The summed E-state index contributed by atoms with van der Waals surface area (Å²) in [6.07, 6.45) is 5.58. The zero-order valence-electron chi connectivity index (χ0n) is 18.2. The van der Waals surface area contributed by atoms with E-state index >= 15 is 0 Å². The molecule has 0 aliphatic heterocycles. The third-order valence-electron chi connectivity index (χ3n) is 5.21. The van der Waals surface area contributed by atoms with Crippen LogP contribution in [0.15, 0.2) is 42.5 Å². The molecule has 0 fully saturated rings. The molecule has 0 aliphatic carbocycles. The van der Waals surface area contributed by atoms with Gasteiger partial charge in [0.25, 0.3) is 5.91 Å². The molecule has 0 saturated heterocycles. The van der Waals surface area contributed by atoms with E-state index in [9.17, 15) is 13.2 Å². The number of hydrogen-bond donors (Lipinski definition) is 1. The normalized spacial score (nSPS) is 12.4. The molecular weight excluding hydrogens is 455 g/mol. The van der Waals surface area contributed by atoms with Crippen LogP contribution in [0.5, 0.6) is 0 Å². The van der Waals surface area contributed by atoms with Crippen molar-refractivity contribution < 1.29 is 13.2 Å². The summed E-state index contributed by atoms with van der Waals surface area (Å²) in [6.45, 7) is 5.04. The Labute approximate surface area is 195 Å². The van der Waals surface area contributed by atoms with E-state index in [1.54, 1.807) is 36.4 Å². The second-order valence-electron chi connectivity index (χ2n) is 7.69. The molecular formula is C23H30Cl2N2O3S. The predicted octanol–water partition coefficient (Wildman–Crippen LogP) is 5.91. The van der Waals surface area contributed by atoms with Gasteiger partial charge in [-0.1, -0.05) is 68.4 Å². The third-order valence-corrected chi connectivity index (χ3v) is 6.90. The number of carbonyl (C=O) groups is 1. The van der Waals surface area contributed by atoms with E-state index in [0.29, 0.717) is 33.8 Å². The van der Waals surface area contributed by atoms with Crippen LogP contribution in [0.1, 0.15) is 55.5 Å². The number of unbranched alkanes of at least 4 members (excludes halogenated alkanes) is 1. The van der Waals surface area contributed by atoms with Crippen molar-refractivity contribution in [1.29, 1.82) is 0 Å². The molecule has 0 saturated carbocycles. The van der Waals surface area contributed by atoms with Crippen LogP contribution in [0, 0.1) is 5.92 Å². The lowest BCUT2D eigenvalue weighted by Crippen LogP contribution is -2.30. The number of hydrogen-bond acceptors (Lipinski definition) is 3. The van der Waals surface area contributed by atoms with E-state index < -0.39 is 10.0 Å². The zero-order valence-corrected chi connectivity index (χ0v) is 20.5. The SMILES string of the molecule is CCCC[C@@H](CC)CNC(=O)c1ccc(CN(c2cc(Cl)ccc2Cl)S(C)(=O)=O)cc1.